The molecule has 19 heavy (non-hydrogen) atoms. The molecule has 0 aliphatic carbocycles. The Kier molecular flexibility index (Phi) is 3.18. The third-order valence-electron chi connectivity index (χ3n) is 3.31. The lowest BCUT2D eigenvalue weighted by atomic mass is 10.1. The summed E-state index contributed by atoms with van der Waals surface area (Å²) in [6.07, 6.45) is 0.885. The molecular formula is C13H13BrN2O3. The van der Waals surface area contributed by atoms with Crippen LogP contribution in [0.15, 0.2) is 16.6 Å². The van der Waals surface area contributed by atoms with Gasteiger partial charge in [-0.15, -0.1) is 0 Å². The number of halogens is 1. The molecule has 6 heteroatoms. The maximum Gasteiger partial charge on any atom is 0.242 e. The maximum atomic E-state index is 11.8. The van der Waals surface area contributed by atoms with Gasteiger partial charge < -0.3 is 15.0 Å². The smallest absolute Gasteiger partial charge is 0.242 e. The van der Waals surface area contributed by atoms with Gasteiger partial charge in [0.1, 0.15) is 5.75 Å². The first kappa shape index (κ1) is 12.5. The molecule has 1 N–H and O–H groups in total. The number of nitrogens with zero attached hydrogens (tertiary/aromatic N) is 1. The van der Waals surface area contributed by atoms with Crippen molar-refractivity contribution >= 4 is 27.7 Å². The average Bonchev–Trinajstić information content (AvgIpc) is 2.82. The number of nitrogens with one attached hydrogen (secondary N) is 1. The third kappa shape index (κ3) is 2.45. The van der Waals surface area contributed by atoms with Crippen LogP contribution < -0.4 is 10.1 Å². The fourth-order valence-corrected chi connectivity index (χ4v) is 2.97. The lowest BCUT2D eigenvalue weighted by molar-refractivity contribution is -0.141. The number of hydrogen-bond acceptors (Lipinski definition) is 3. The zero-order valence-corrected chi connectivity index (χ0v) is 11.8. The summed E-state index contributed by atoms with van der Waals surface area (Å²) < 4.78 is 6.60. The second kappa shape index (κ2) is 4.85. The molecule has 1 aromatic rings. The second-order valence-corrected chi connectivity index (χ2v) is 5.59. The van der Waals surface area contributed by atoms with Gasteiger partial charge in [-0.25, -0.2) is 0 Å². The Morgan fingerprint density at radius 1 is 1.37 bits per heavy atom. The van der Waals surface area contributed by atoms with E-state index in [2.05, 4.69) is 21.2 Å². The first-order valence-corrected chi connectivity index (χ1v) is 6.91. The lowest BCUT2D eigenvalue weighted by Gasteiger charge is -2.27. The minimum absolute atomic E-state index is 0.0636. The topological polar surface area (TPSA) is 58.6 Å². The van der Waals surface area contributed by atoms with Crippen LogP contribution in [0.25, 0.3) is 0 Å². The van der Waals surface area contributed by atoms with E-state index < -0.39 is 0 Å². The minimum atomic E-state index is -0.118. The molecule has 100 valence electrons. The van der Waals surface area contributed by atoms with Crippen molar-refractivity contribution in [1.82, 2.24) is 10.2 Å². The van der Waals surface area contributed by atoms with Gasteiger partial charge in [0.15, 0.2) is 0 Å². The molecule has 5 nitrogen and oxygen atoms in total. The van der Waals surface area contributed by atoms with Crippen LogP contribution in [0.3, 0.4) is 0 Å². The number of carbonyl (C=O) groups excluding carboxylic acids is 2. The summed E-state index contributed by atoms with van der Waals surface area (Å²) in [5, 5.41) is 2.54. The SMILES string of the molecule is O=C1CN(Cc2cc(Br)cc3c2OCC3)C(=O)CN1. The molecule has 3 rings (SSSR count). The number of hydrogen-bond donors (Lipinski definition) is 1. The molecule has 1 aromatic carbocycles. The highest BCUT2D eigenvalue weighted by Crippen LogP contribution is 2.33. The number of piperazine rings is 1. The number of fused-ring (bicyclic) bond motifs is 1. The Bertz CT molecular complexity index is 559. The fraction of sp³-hybridized carbons (Fsp3) is 0.385. The van der Waals surface area contributed by atoms with Crippen LogP contribution in [0.4, 0.5) is 0 Å². The van der Waals surface area contributed by atoms with Crippen molar-refractivity contribution in [2.24, 2.45) is 0 Å². The van der Waals surface area contributed by atoms with Crippen LogP contribution in [0.1, 0.15) is 11.1 Å². The molecule has 2 amide bonds. The highest BCUT2D eigenvalue weighted by Gasteiger charge is 2.26. The van der Waals surface area contributed by atoms with Crippen molar-refractivity contribution < 1.29 is 14.3 Å². The molecule has 1 fully saturated rings. The quantitative estimate of drug-likeness (QED) is 0.877. The van der Waals surface area contributed by atoms with E-state index in [9.17, 15) is 9.59 Å². The summed E-state index contributed by atoms with van der Waals surface area (Å²) in [5.74, 6) is 0.681. The van der Waals surface area contributed by atoms with E-state index in [1.807, 2.05) is 12.1 Å². The maximum absolute atomic E-state index is 11.8. The molecule has 2 heterocycles. The summed E-state index contributed by atoms with van der Waals surface area (Å²) >= 11 is 3.47. The average molecular weight is 325 g/mol. The number of ether oxygens (including phenoxy) is 1. The lowest BCUT2D eigenvalue weighted by Crippen LogP contribution is -2.51. The van der Waals surface area contributed by atoms with Crippen LogP contribution in [-0.2, 0) is 22.6 Å². The highest BCUT2D eigenvalue weighted by atomic mass is 79.9. The molecule has 0 aromatic heterocycles. The predicted molar refractivity (Wildman–Crippen MR) is 71.8 cm³/mol. The van der Waals surface area contributed by atoms with E-state index >= 15 is 0 Å². The van der Waals surface area contributed by atoms with Crippen LogP contribution in [0.2, 0.25) is 0 Å². The molecule has 0 unspecified atom stereocenters. The van der Waals surface area contributed by atoms with E-state index in [0.29, 0.717) is 13.2 Å². The van der Waals surface area contributed by atoms with Crippen molar-refractivity contribution in [2.75, 3.05) is 19.7 Å². The van der Waals surface area contributed by atoms with E-state index in [1.54, 1.807) is 4.90 Å². The van der Waals surface area contributed by atoms with Crippen LogP contribution in [0, 0.1) is 0 Å². The summed E-state index contributed by atoms with van der Waals surface area (Å²) in [6.45, 7) is 1.28. The standard InChI is InChI=1S/C13H13BrN2O3/c14-10-3-8-1-2-19-13(8)9(4-10)6-16-7-11(17)15-5-12(16)18/h3-4H,1-2,5-7H2,(H,15,17). The van der Waals surface area contributed by atoms with Crippen molar-refractivity contribution in [3.63, 3.8) is 0 Å². The fourth-order valence-electron chi connectivity index (χ4n) is 2.42. The molecule has 0 bridgehead atoms. The van der Waals surface area contributed by atoms with Crippen LogP contribution in [-0.4, -0.2) is 36.4 Å². The zero-order chi connectivity index (χ0) is 13.4. The number of amides is 2. The summed E-state index contributed by atoms with van der Waals surface area (Å²) in [6, 6.07) is 3.99. The third-order valence-corrected chi connectivity index (χ3v) is 3.77. The Hall–Kier alpha value is -1.56. The number of rotatable bonds is 2. The number of carbonyl (C=O) groups is 2. The largest absolute Gasteiger partial charge is 0.493 e. The molecule has 2 aliphatic heterocycles. The Balaban J connectivity index is 1.87. The van der Waals surface area contributed by atoms with Gasteiger partial charge in [-0.1, -0.05) is 15.9 Å². The molecular weight excluding hydrogens is 312 g/mol. The second-order valence-electron chi connectivity index (χ2n) is 4.68. The first-order valence-electron chi connectivity index (χ1n) is 6.12. The van der Waals surface area contributed by atoms with Gasteiger partial charge in [-0.05, 0) is 17.7 Å². The van der Waals surface area contributed by atoms with Crippen molar-refractivity contribution in [3.8, 4) is 5.75 Å². The van der Waals surface area contributed by atoms with Gasteiger partial charge in [-0.3, -0.25) is 9.59 Å². The van der Waals surface area contributed by atoms with Crippen LogP contribution in [0.5, 0.6) is 5.75 Å². The minimum Gasteiger partial charge on any atom is -0.493 e. The molecule has 2 aliphatic rings. The van der Waals surface area contributed by atoms with E-state index in [0.717, 1.165) is 27.8 Å². The molecule has 0 radical (unpaired) electrons. The van der Waals surface area contributed by atoms with Gasteiger partial charge in [-0.2, -0.15) is 0 Å². The van der Waals surface area contributed by atoms with E-state index in [4.69, 9.17) is 4.74 Å². The molecule has 0 spiro atoms. The zero-order valence-electron chi connectivity index (χ0n) is 10.2. The summed E-state index contributed by atoms with van der Waals surface area (Å²) in [5.41, 5.74) is 2.10. The summed E-state index contributed by atoms with van der Waals surface area (Å²) in [4.78, 5) is 24.7. The highest BCUT2D eigenvalue weighted by molar-refractivity contribution is 9.10. The Labute approximate surface area is 119 Å². The number of benzene rings is 1. The van der Waals surface area contributed by atoms with Gasteiger partial charge in [0.2, 0.25) is 11.8 Å². The Morgan fingerprint density at radius 3 is 3.05 bits per heavy atom. The van der Waals surface area contributed by atoms with Gasteiger partial charge >= 0.3 is 0 Å². The normalized spacial score (nSPS) is 18.1. The Morgan fingerprint density at radius 2 is 2.21 bits per heavy atom. The predicted octanol–water partition coefficient (Wildman–Crippen LogP) is 0.842. The van der Waals surface area contributed by atoms with Gasteiger partial charge in [0.25, 0.3) is 0 Å². The summed E-state index contributed by atoms with van der Waals surface area (Å²) in [7, 11) is 0. The molecule has 1 saturated heterocycles. The molecule has 0 atom stereocenters. The monoisotopic (exact) mass is 324 g/mol. The van der Waals surface area contributed by atoms with Gasteiger partial charge in [0, 0.05) is 23.0 Å². The van der Waals surface area contributed by atoms with Crippen molar-refractivity contribution in [3.05, 3.63) is 27.7 Å². The first-order chi connectivity index (χ1) is 9.13. The molecule has 0 saturated carbocycles. The van der Waals surface area contributed by atoms with Crippen LogP contribution >= 0.6 is 15.9 Å². The van der Waals surface area contributed by atoms with Crippen molar-refractivity contribution in [1.29, 1.82) is 0 Å². The van der Waals surface area contributed by atoms with E-state index in [1.165, 1.54) is 0 Å². The van der Waals surface area contributed by atoms with Gasteiger partial charge in [0.05, 0.1) is 19.7 Å². The van der Waals surface area contributed by atoms with E-state index in [-0.39, 0.29) is 24.9 Å². The van der Waals surface area contributed by atoms with Crippen molar-refractivity contribution in [2.45, 2.75) is 13.0 Å².